The van der Waals surface area contributed by atoms with E-state index in [0.29, 0.717) is 0 Å². The van der Waals surface area contributed by atoms with Crippen LogP contribution in [0.2, 0.25) is 0 Å². The molecule has 3 rings (SSSR count). The summed E-state index contributed by atoms with van der Waals surface area (Å²) in [5, 5.41) is 0. The van der Waals surface area contributed by atoms with Gasteiger partial charge >= 0.3 is 0 Å². The first-order valence-corrected chi connectivity index (χ1v) is 6.98. The average molecular weight is 259 g/mol. The Morgan fingerprint density at radius 3 is 2.00 bits per heavy atom. The van der Waals surface area contributed by atoms with Crippen LogP contribution in [0, 0.1) is 0 Å². The summed E-state index contributed by atoms with van der Waals surface area (Å²) < 4.78 is 0. The zero-order valence-corrected chi connectivity index (χ0v) is 11.6. The molecule has 0 aliphatic heterocycles. The molecule has 0 aliphatic rings. The summed E-state index contributed by atoms with van der Waals surface area (Å²) in [6.45, 7) is 2.13. The lowest BCUT2D eigenvalue weighted by atomic mass is 10.0. The van der Waals surface area contributed by atoms with E-state index in [0.717, 1.165) is 17.8 Å². The minimum atomic E-state index is 0.968. The molecule has 2 aromatic carbocycles. The number of aromatic nitrogens is 1. The molecule has 1 heteroatoms. The first kappa shape index (κ1) is 12.6. The van der Waals surface area contributed by atoms with Gasteiger partial charge in [-0.15, -0.1) is 0 Å². The number of aryl methyl sites for hydroxylation is 1. The van der Waals surface area contributed by atoms with Crippen LogP contribution >= 0.6 is 0 Å². The van der Waals surface area contributed by atoms with Crippen molar-refractivity contribution in [3.05, 3.63) is 78.5 Å². The molecular formula is C19H17N. The molecule has 0 fully saturated rings. The highest BCUT2D eigenvalue weighted by Crippen LogP contribution is 2.23. The molecule has 0 N–H and O–H groups in total. The normalized spacial score (nSPS) is 10.4. The van der Waals surface area contributed by atoms with E-state index in [1.807, 2.05) is 6.07 Å². The Balaban J connectivity index is 1.93. The highest BCUT2D eigenvalue weighted by molar-refractivity contribution is 5.68. The third-order valence-electron chi connectivity index (χ3n) is 3.46. The highest BCUT2D eigenvalue weighted by Gasteiger charge is 2.01. The van der Waals surface area contributed by atoms with Gasteiger partial charge < -0.3 is 0 Å². The van der Waals surface area contributed by atoms with Gasteiger partial charge in [0.05, 0.1) is 5.69 Å². The van der Waals surface area contributed by atoms with E-state index in [1.165, 1.54) is 16.7 Å². The summed E-state index contributed by atoms with van der Waals surface area (Å²) in [5.41, 5.74) is 5.83. The van der Waals surface area contributed by atoms with E-state index in [2.05, 4.69) is 78.6 Å². The molecule has 0 aliphatic carbocycles. The van der Waals surface area contributed by atoms with E-state index in [-0.39, 0.29) is 0 Å². The third-order valence-corrected chi connectivity index (χ3v) is 3.46. The topological polar surface area (TPSA) is 12.9 Å². The van der Waals surface area contributed by atoms with Crippen molar-refractivity contribution < 1.29 is 0 Å². The molecule has 1 nitrogen and oxygen atoms in total. The van der Waals surface area contributed by atoms with Crippen LogP contribution in [0.1, 0.15) is 12.6 Å². The van der Waals surface area contributed by atoms with E-state index in [9.17, 15) is 0 Å². The van der Waals surface area contributed by atoms with Crippen LogP contribution in [0.5, 0.6) is 0 Å². The molecule has 1 aromatic heterocycles. The van der Waals surface area contributed by atoms with E-state index in [1.54, 1.807) is 0 Å². The van der Waals surface area contributed by atoms with E-state index >= 15 is 0 Å². The van der Waals surface area contributed by atoms with Gasteiger partial charge in [-0.3, -0.25) is 4.98 Å². The molecule has 1 heterocycles. The van der Waals surface area contributed by atoms with Crippen LogP contribution in [-0.4, -0.2) is 4.98 Å². The molecular weight excluding hydrogens is 242 g/mol. The molecule has 0 spiro atoms. The second-order valence-electron chi connectivity index (χ2n) is 4.81. The summed E-state index contributed by atoms with van der Waals surface area (Å²) in [6, 6.07) is 25.2. The van der Waals surface area contributed by atoms with Crippen molar-refractivity contribution in [2.24, 2.45) is 0 Å². The minimum Gasteiger partial charge on any atom is -0.253 e. The molecule has 0 bridgehead atoms. The van der Waals surface area contributed by atoms with Crippen LogP contribution in [0.4, 0.5) is 0 Å². The van der Waals surface area contributed by atoms with E-state index < -0.39 is 0 Å². The first-order valence-electron chi connectivity index (χ1n) is 6.98. The lowest BCUT2D eigenvalue weighted by molar-refractivity contribution is 1.04. The fourth-order valence-corrected chi connectivity index (χ4v) is 2.30. The zero-order chi connectivity index (χ0) is 13.8. The lowest BCUT2D eigenvalue weighted by Crippen LogP contribution is -1.89. The molecule has 3 aromatic rings. The van der Waals surface area contributed by atoms with Crippen LogP contribution in [0.25, 0.3) is 22.4 Å². The summed E-state index contributed by atoms with van der Waals surface area (Å²) in [4.78, 5) is 4.66. The number of benzene rings is 2. The maximum Gasteiger partial charge on any atom is 0.0705 e. The first-order chi connectivity index (χ1) is 9.86. The third kappa shape index (κ3) is 2.62. The smallest absolute Gasteiger partial charge is 0.0705 e. The monoisotopic (exact) mass is 259 g/mol. The Bertz CT molecular complexity index is 684. The van der Waals surface area contributed by atoms with Gasteiger partial charge in [-0.25, -0.2) is 0 Å². The van der Waals surface area contributed by atoms with Crippen LogP contribution in [0.3, 0.4) is 0 Å². The second kappa shape index (κ2) is 5.70. The SMILES string of the molecule is CCc1cccc(-c2ccc(-c3ccccc3)cc2)n1. The van der Waals surface area contributed by atoms with Crippen LogP contribution < -0.4 is 0 Å². The number of pyridine rings is 1. The quantitative estimate of drug-likeness (QED) is 0.646. The largest absolute Gasteiger partial charge is 0.253 e. The Morgan fingerprint density at radius 2 is 1.30 bits per heavy atom. The van der Waals surface area contributed by atoms with Crippen molar-refractivity contribution in [3.8, 4) is 22.4 Å². The number of nitrogens with zero attached hydrogens (tertiary/aromatic N) is 1. The van der Waals surface area contributed by atoms with Gasteiger partial charge in [-0.05, 0) is 29.7 Å². The van der Waals surface area contributed by atoms with E-state index in [4.69, 9.17) is 0 Å². The van der Waals surface area contributed by atoms with Crippen molar-refractivity contribution in [2.75, 3.05) is 0 Å². The highest BCUT2D eigenvalue weighted by atomic mass is 14.7. The Kier molecular flexibility index (Phi) is 3.60. The van der Waals surface area contributed by atoms with Crippen molar-refractivity contribution in [1.29, 1.82) is 0 Å². The summed E-state index contributed by atoms with van der Waals surface area (Å²) in [7, 11) is 0. The fraction of sp³-hybridized carbons (Fsp3) is 0.105. The number of rotatable bonds is 3. The molecule has 0 unspecified atom stereocenters. The fourth-order valence-electron chi connectivity index (χ4n) is 2.30. The van der Waals surface area contributed by atoms with Crippen LogP contribution in [0.15, 0.2) is 72.8 Å². The van der Waals surface area contributed by atoms with Gasteiger partial charge in [-0.2, -0.15) is 0 Å². The molecule has 0 radical (unpaired) electrons. The maximum absolute atomic E-state index is 4.66. The zero-order valence-electron chi connectivity index (χ0n) is 11.6. The van der Waals surface area contributed by atoms with Crippen molar-refractivity contribution in [2.45, 2.75) is 13.3 Å². The maximum atomic E-state index is 4.66. The molecule has 20 heavy (non-hydrogen) atoms. The Hall–Kier alpha value is -2.41. The Morgan fingerprint density at radius 1 is 0.650 bits per heavy atom. The standard InChI is InChI=1S/C19H17N/c1-2-18-9-6-10-19(20-18)17-13-11-16(12-14-17)15-7-4-3-5-8-15/h3-14H,2H2,1H3. The molecule has 0 atom stereocenters. The average Bonchev–Trinajstić information content (AvgIpc) is 2.56. The lowest BCUT2D eigenvalue weighted by Gasteiger charge is -2.05. The van der Waals surface area contributed by atoms with Crippen molar-refractivity contribution in [3.63, 3.8) is 0 Å². The minimum absolute atomic E-state index is 0.968. The predicted octanol–water partition coefficient (Wildman–Crippen LogP) is 4.98. The second-order valence-corrected chi connectivity index (χ2v) is 4.81. The Labute approximate surface area is 119 Å². The van der Waals surface area contributed by atoms with Gasteiger partial charge in [0.15, 0.2) is 0 Å². The summed E-state index contributed by atoms with van der Waals surface area (Å²) in [6.07, 6.45) is 0.968. The van der Waals surface area contributed by atoms with Crippen LogP contribution in [-0.2, 0) is 6.42 Å². The molecule has 0 amide bonds. The molecule has 0 saturated carbocycles. The predicted molar refractivity (Wildman–Crippen MR) is 84.5 cm³/mol. The molecule has 0 saturated heterocycles. The van der Waals surface area contributed by atoms with Gasteiger partial charge in [0.1, 0.15) is 0 Å². The number of hydrogen-bond acceptors (Lipinski definition) is 1. The van der Waals surface area contributed by atoms with Gasteiger partial charge in [0.25, 0.3) is 0 Å². The van der Waals surface area contributed by atoms with Gasteiger partial charge in [0, 0.05) is 11.3 Å². The van der Waals surface area contributed by atoms with Gasteiger partial charge in [0.2, 0.25) is 0 Å². The van der Waals surface area contributed by atoms with Gasteiger partial charge in [-0.1, -0.05) is 67.6 Å². The summed E-state index contributed by atoms with van der Waals surface area (Å²) >= 11 is 0. The number of hydrogen-bond donors (Lipinski definition) is 0. The van der Waals surface area contributed by atoms with Crippen molar-refractivity contribution >= 4 is 0 Å². The molecule has 98 valence electrons. The summed E-state index contributed by atoms with van der Waals surface area (Å²) in [5.74, 6) is 0. The van der Waals surface area contributed by atoms with Crippen molar-refractivity contribution in [1.82, 2.24) is 4.98 Å².